The third-order valence-corrected chi connectivity index (χ3v) is 4.46. The molecule has 0 atom stereocenters. The van der Waals surface area contributed by atoms with Crippen molar-refractivity contribution < 1.29 is 4.57 Å². The zero-order valence-electron chi connectivity index (χ0n) is 14.3. The van der Waals surface area contributed by atoms with Crippen LogP contribution in [-0.4, -0.2) is 0 Å². The maximum Gasteiger partial charge on any atom is 0.169 e. The van der Waals surface area contributed by atoms with Crippen LogP contribution in [0.5, 0.6) is 0 Å². The topological polar surface area (TPSA) is 3.88 Å². The van der Waals surface area contributed by atoms with Crippen LogP contribution in [0.4, 0.5) is 0 Å². The lowest BCUT2D eigenvalue weighted by Crippen LogP contribution is -2.32. The van der Waals surface area contributed by atoms with Gasteiger partial charge in [-0.2, -0.15) is 0 Å². The van der Waals surface area contributed by atoms with Gasteiger partial charge in [-0.3, -0.25) is 0 Å². The standard InChI is InChI=1S/C23H26N/c1-3-9-21(10-4-1)13-7-14-23-16-19-24(20-17-23)18-8-15-22-11-5-2-6-12-22/h1-6,9-12,16-17,19-20H,7-8,13-15,18H2/q+1. The molecule has 0 aliphatic carbocycles. The van der Waals surface area contributed by atoms with Crippen LogP contribution in [0.15, 0.2) is 85.2 Å². The van der Waals surface area contributed by atoms with Crippen molar-refractivity contribution in [2.24, 2.45) is 0 Å². The lowest BCUT2D eigenvalue weighted by molar-refractivity contribution is -0.697. The molecule has 0 spiro atoms. The van der Waals surface area contributed by atoms with E-state index in [-0.39, 0.29) is 0 Å². The van der Waals surface area contributed by atoms with Crippen LogP contribution in [-0.2, 0) is 25.8 Å². The first-order valence-electron chi connectivity index (χ1n) is 8.96. The van der Waals surface area contributed by atoms with Gasteiger partial charge in [-0.05, 0) is 42.4 Å². The zero-order valence-corrected chi connectivity index (χ0v) is 14.3. The van der Waals surface area contributed by atoms with E-state index in [4.69, 9.17) is 0 Å². The van der Waals surface area contributed by atoms with Gasteiger partial charge in [-0.15, -0.1) is 0 Å². The Morgan fingerprint density at radius 3 is 1.50 bits per heavy atom. The molecule has 0 fully saturated rings. The molecule has 0 amide bonds. The lowest BCUT2D eigenvalue weighted by atomic mass is 10.0. The number of hydrogen-bond acceptors (Lipinski definition) is 0. The normalized spacial score (nSPS) is 10.7. The molecule has 0 radical (unpaired) electrons. The molecule has 0 saturated carbocycles. The summed E-state index contributed by atoms with van der Waals surface area (Å²) in [5.74, 6) is 0. The highest BCUT2D eigenvalue weighted by Gasteiger charge is 2.02. The molecule has 0 saturated heterocycles. The van der Waals surface area contributed by atoms with Gasteiger partial charge < -0.3 is 0 Å². The summed E-state index contributed by atoms with van der Waals surface area (Å²) in [6.07, 6.45) is 10.3. The van der Waals surface area contributed by atoms with Gasteiger partial charge in [0.1, 0.15) is 6.54 Å². The largest absolute Gasteiger partial charge is 0.205 e. The SMILES string of the molecule is c1ccc(CCCc2cc[n+](CCCc3ccccc3)cc2)cc1. The molecule has 1 heteroatoms. The van der Waals surface area contributed by atoms with E-state index in [1.165, 1.54) is 29.5 Å². The Morgan fingerprint density at radius 2 is 0.958 bits per heavy atom. The highest BCUT2D eigenvalue weighted by molar-refractivity contribution is 5.16. The van der Waals surface area contributed by atoms with Crippen molar-refractivity contribution in [2.45, 2.75) is 38.6 Å². The predicted molar refractivity (Wildman–Crippen MR) is 99.9 cm³/mol. The number of aromatic nitrogens is 1. The molecule has 0 aliphatic heterocycles. The summed E-state index contributed by atoms with van der Waals surface area (Å²) >= 11 is 0. The summed E-state index contributed by atoms with van der Waals surface area (Å²) < 4.78 is 2.30. The van der Waals surface area contributed by atoms with Crippen LogP contribution in [0.2, 0.25) is 0 Å². The number of benzene rings is 2. The van der Waals surface area contributed by atoms with E-state index < -0.39 is 0 Å². The number of pyridine rings is 1. The fourth-order valence-electron chi connectivity index (χ4n) is 3.06. The number of rotatable bonds is 8. The van der Waals surface area contributed by atoms with Gasteiger partial charge in [-0.25, -0.2) is 4.57 Å². The van der Waals surface area contributed by atoms with Crippen molar-refractivity contribution in [3.8, 4) is 0 Å². The number of aryl methyl sites for hydroxylation is 4. The van der Waals surface area contributed by atoms with E-state index in [1.807, 2.05) is 0 Å². The van der Waals surface area contributed by atoms with Gasteiger partial charge in [0, 0.05) is 18.6 Å². The molecule has 1 heterocycles. The molecule has 3 rings (SSSR count). The minimum Gasteiger partial charge on any atom is -0.205 e. The van der Waals surface area contributed by atoms with Crippen molar-refractivity contribution in [1.29, 1.82) is 0 Å². The zero-order chi connectivity index (χ0) is 16.5. The Labute approximate surface area is 145 Å². The van der Waals surface area contributed by atoms with Crippen LogP contribution < -0.4 is 4.57 Å². The minimum atomic E-state index is 1.08. The summed E-state index contributed by atoms with van der Waals surface area (Å²) in [4.78, 5) is 0. The quantitative estimate of drug-likeness (QED) is 0.526. The third kappa shape index (κ3) is 5.34. The average Bonchev–Trinajstić information content (AvgIpc) is 2.65. The van der Waals surface area contributed by atoms with Crippen LogP contribution in [0.3, 0.4) is 0 Å². The second-order valence-electron chi connectivity index (χ2n) is 6.37. The molecule has 0 unspecified atom stereocenters. The van der Waals surface area contributed by atoms with Gasteiger partial charge in [-0.1, -0.05) is 60.7 Å². The minimum absolute atomic E-state index is 1.08. The molecule has 3 aromatic rings. The Morgan fingerprint density at radius 1 is 0.500 bits per heavy atom. The van der Waals surface area contributed by atoms with Gasteiger partial charge in [0.15, 0.2) is 12.4 Å². The number of nitrogens with zero attached hydrogens (tertiary/aromatic N) is 1. The van der Waals surface area contributed by atoms with Crippen LogP contribution >= 0.6 is 0 Å². The molecule has 0 N–H and O–H groups in total. The van der Waals surface area contributed by atoms with E-state index in [2.05, 4.69) is 89.8 Å². The molecule has 1 aromatic heterocycles. The van der Waals surface area contributed by atoms with Crippen molar-refractivity contribution in [3.63, 3.8) is 0 Å². The third-order valence-electron chi connectivity index (χ3n) is 4.46. The molecule has 2 aromatic carbocycles. The van der Waals surface area contributed by atoms with Gasteiger partial charge in [0.2, 0.25) is 0 Å². The fraction of sp³-hybridized carbons (Fsp3) is 0.261. The van der Waals surface area contributed by atoms with Crippen molar-refractivity contribution >= 4 is 0 Å². The van der Waals surface area contributed by atoms with Crippen molar-refractivity contribution in [3.05, 3.63) is 102 Å². The maximum absolute atomic E-state index is 2.30. The molecule has 1 nitrogen and oxygen atoms in total. The molecular weight excluding hydrogens is 290 g/mol. The molecule has 122 valence electrons. The Kier molecular flexibility index (Phi) is 6.18. The summed E-state index contributed by atoms with van der Waals surface area (Å²) in [7, 11) is 0. The first kappa shape index (κ1) is 16.4. The van der Waals surface area contributed by atoms with Gasteiger partial charge in [0.05, 0.1) is 0 Å². The van der Waals surface area contributed by atoms with E-state index in [9.17, 15) is 0 Å². The average molecular weight is 316 g/mol. The molecule has 24 heavy (non-hydrogen) atoms. The van der Waals surface area contributed by atoms with Crippen molar-refractivity contribution in [1.82, 2.24) is 0 Å². The summed E-state index contributed by atoms with van der Waals surface area (Å²) in [6, 6.07) is 26.0. The van der Waals surface area contributed by atoms with E-state index >= 15 is 0 Å². The van der Waals surface area contributed by atoms with Crippen LogP contribution in [0.1, 0.15) is 29.5 Å². The highest BCUT2D eigenvalue weighted by atomic mass is 14.9. The first-order chi connectivity index (χ1) is 11.9. The smallest absolute Gasteiger partial charge is 0.169 e. The summed E-state index contributed by atoms with van der Waals surface area (Å²) in [5, 5.41) is 0. The van der Waals surface area contributed by atoms with E-state index in [1.54, 1.807) is 0 Å². The molecule has 0 aliphatic rings. The second-order valence-corrected chi connectivity index (χ2v) is 6.37. The lowest BCUT2D eigenvalue weighted by Gasteiger charge is -2.03. The van der Waals surface area contributed by atoms with Crippen LogP contribution in [0.25, 0.3) is 0 Å². The monoisotopic (exact) mass is 316 g/mol. The second kappa shape index (κ2) is 9.02. The van der Waals surface area contributed by atoms with Gasteiger partial charge >= 0.3 is 0 Å². The van der Waals surface area contributed by atoms with Crippen molar-refractivity contribution in [2.75, 3.05) is 0 Å². The molecular formula is C23H26N+. The Hall–Kier alpha value is -2.41. The molecule has 0 bridgehead atoms. The predicted octanol–water partition coefficient (Wildman–Crippen LogP) is 4.78. The summed E-state index contributed by atoms with van der Waals surface area (Å²) in [6.45, 7) is 1.08. The Balaban J connectivity index is 1.40. The fourth-order valence-corrected chi connectivity index (χ4v) is 3.06. The maximum atomic E-state index is 2.30. The highest BCUT2D eigenvalue weighted by Crippen LogP contribution is 2.07. The Bertz CT molecular complexity index is 638. The van der Waals surface area contributed by atoms with E-state index in [0.29, 0.717) is 0 Å². The van der Waals surface area contributed by atoms with E-state index in [0.717, 1.165) is 25.8 Å². The summed E-state index contributed by atoms with van der Waals surface area (Å²) in [5.41, 5.74) is 4.30. The van der Waals surface area contributed by atoms with Gasteiger partial charge in [0.25, 0.3) is 0 Å². The first-order valence-corrected chi connectivity index (χ1v) is 8.96. The number of hydrogen-bond donors (Lipinski definition) is 0. The van der Waals surface area contributed by atoms with Crippen LogP contribution in [0, 0.1) is 0 Å².